The van der Waals surface area contributed by atoms with E-state index in [1.54, 1.807) is 0 Å². The highest BCUT2D eigenvalue weighted by Crippen LogP contribution is 2.44. The number of benzene rings is 2. The van der Waals surface area contributed by atoms with Gasteiger partial charge in [0, 0.05) is 33.2 Å². The number of nitrogens with one attached hydrogen (secondary N) is 1. The Morgan fingerprint density at radius 2 is 1.48 bits per heavy atom. The van der Waals surface area contributed by atoms with Crippen molar-refractivity contribution < 1.29 is 52.7 Å². The van der Waals surface area contributed by atoms with Crippen molar-refractivity contribution >= 4 is 24.0 Å². The van der Waals surface area contributed by atoms with E-state index in [0.717, 1.165) is 43.0 Å². The van der Waals surface area contributed by atoms with E-state index in [1.807, 2.05) is 48.5 Å². The topological polar surface area (TPSA) is 182 Å². The number of carbonyl (C=O) groups excluding carboxylic acids is 4. The highest BCUT2D eigenvalue weighted by Gasteiger charge is 2.61. The van der Waals surface area contributed by atoms with Crippen LogP contribution in [0.3, 0.4) is 0 Å². The maximum atomic E-state index is 13.2. The van der Waals surface area contributed by atoms with Crippen LogP contribution < -0.4 is 11.1 Å². The SMILES string of the molecule is CC(=O)OC[C@H]1O[C@@H](OCCN)C(O)(NC(=O)OCC2c3ccccc3-c3ccccc32)[C@@H](OC(C)=O)[C@H]1OC(C)=O. The molecule has 2 aliphatic rings. The predicted octanol–water partition coefficient (Wildman–Crippen LogP) is 1.34. The molecule has 2 aromatic rings. The van der Waals surface area contributed by atoms with Crippen LogP contribution in [0.15, 0.2) is 48.5 Å². The van der Waals surface area contributed by atoms with Gasteiger partial charge in [-0.2, -0.15) is 0 Å². The molecule has 1 amide bonds. The molecule has 5 atom stereocenters. The van der Waals surface area contributed by atoms with Gasteiger partial charge in [-0.05, 0) is 22.3 Å². The van der Waals surface area contributed by atoms with E-state index < -0.39 is 60.9 Å². The molecule has 0 radical (unpaired) electrons. The van der Waals surface area contributed by atoms with Crippen molar-refractivity contribution in [3.63, 3.8) is 0 Å². The Morgan fingerprint density at radius 1 is 0.881 bits per heavy atom. The number of amides is 1. The van der Waals surface area contributed by atoms with Crippen LogP contribution in [0.5, 0.6) is 0 Å². The molecule has 226 valence electrons. The maximum Gasteiger partial charge on any atom is 0.409 e. The molecule has 42 heavy (non-hydrogen) atoms. The molecule has 0 aromatic heterocycles. The third-order valence-electron chi connectivity index (χ3n) is 6.84. The van der Waals surface area contributed by atoms with Crippen LogP contribution in [0.25, 0.3) is 11.1 Å². The zero-order valence-electron chi connectivity index (χ0n) is 23.4. The fraction of sp³-hybridized carbons (Fsp3) is 0.448. The van der Waals surface area contributed by atoms with Crippen LogP contribution >= 0.6 is 0 Å². The van der Waals surface area contributed by atoms with Crippen LogP contribution in [0.2, 0.25) is 0 Å². The summed E-state index contributed by atoms with van der Waals surface area (Å²) in [5.41, 5.74) is 6.93. The minimum absolute atomic E-state index is 0.00109. The summed E-state index contributed by atoms with van der Waals surface area (Å²) >= 11 is 0. The fourth-order valence-electron chi connectivity index (χ4n) is 5.19. The van der Waals surface area contributed by atoms with Gasteiger partial charge in [-0.3, -0.25) is 19.7 Å². The smallest absolute Gasteiger partial charge is 0.409 e. The second-order valence-electron chi connectivity index (χ2n) is 9.85. The average Bonchev–Trinajstić information content (AvgIpc) is 3.26. The second kappa shape index (κ2) is 13.3. The van der Waals surface area contributed by atoms with Crippen molar-refractivity contribution in [2.24, 2.45) is 5.73 Å². The molecule has 13 nitrogen and oxygen atoms in total. The monoisotopic (exact) mass is 586 g/mol. The summed E-state index contributed by atoms with van der Waals surface area (Å²) in [5, 5.41) is 14.1. The van der Waals surface area contributed by atoms with E-state index in [0.29, 0.717) is 0 Å². The molecule has 1 aliphatic carbocycles. The molecule has 4 rings (SSSR count). The van der Waals surface area contributed by atoms with Gasteiger partial charge in [-0.15, -0.1) is 0 Å². The molecule has 1 aliphatic heterocycles. The fourth-order valence-corrected chi connectivity index (χ4v) is 5.19. The van der Waals surface area contributed by atoms with Crippen LogP contribution in [-0.2, 0) is 42.8 Å². The second-order valence-corrected chi connectivity index (χ2v) is 9.85. The average molecular weight is 587 g/mol. The van der Waals surface area contributed by atoms with E-state index in [4.69, 9.17) is 34.2 Å². The van der Waals surface area contributed by atoms with Gasteiger partial charge in [-0.25, -0.2) is 4.79 Å². The lowest BCUT2D eigenvalue weighted by Crippen LogP contribution is -2.75. The molecule has 4 N–H and O–H groups in total. The summed E-state index contributed by atoms with van der Waals surface area (Å²) in [4.78, 5) is 48.9. The standard InChI is InChI=1S/C29H34N2O11/c1-16(32)38-15-24-25(40-17(2)33)26(41-18(3)34)29(36,27(42-24)37-13-12-30)31-28(35)39-14-23-21-10-6-4-8-19(21)20-9-5-7-11-22(20)23/h4-11,23-27,36H,12-15,30H2,1-3H3,(H,31,35)/t24-,25+,26+,27-,29?/m1/s1. The lowest BCUT2D eigenvalue weighted by atomic mass is 9.92. The molecule has 1 unspecified atom stereocenters. The molecule has 1 saturated heterocycles. The number of aliphatic hydroxyl groups is 1. The molecule has 0 saturated carbocycles. The van der Waals surface area contributed by atoms with Gasteiger partial charge < -0.3 is 39.3 Å². The van der Waals surface area contributed by atoms with Gasteiger partial charge in [0.2, 0.25) is 12.0 Å². The quantitative estimate of drug-likeness (QED) is 0.207. The van der Waals surface area contributed by atoms with E-state index in [1.165, 1.54) is 0 Å². The zero-order chi connectivity index (χ0) is 30.4. The summed E-state index contributed by atoms with van der Waals surface area (Å²) in [6.45, 7) is 2.62. The molecular formula is C29H34N2O11. The molecule has 1 fully saturated rings. The van der Waals surface area contributed by atoms with Crippen molar-refractivity contribution in [1.82, 2.24) is 5.32 Å². The van der Waals surface area contributed by atoms with Crippen LogP contribution in [0, 0.1) is 0 Å². The van der Waals surface area contributed by atoms with Gasteiger partial charge in [0.15, 0.2) is 12.2 Å². The number of nitrogens with two attached hydrogens (primary N) is 1. The normalized spacial score (nSPS) is 24.6. The van der Waals surface area contributed by atoms with Crippen LogP contribution in [0.1, 0.15) is 37.8 Å². The Balaban J connectivity index is 1.60. The highest BCUT2D eigenvalue weighted by molar-refractivity contribution is 5.79. The van der Waals surface area contributed by atoms with Crippen molar-refractivity contribution in [3.05, 3.63) is 59.7 Å². The van der Waals surface area contributed by atoms with E-state index >= 15 is 0 Å². The summed E-state index contributed by atoms with van der Waals surface area (Å²) in [7, 11) is 0. The van der Waals surface area contributed by atoms with Crippen molar-refractivity contribution in [2.45, 2.75) is 57.0 Å². The first-order chi connectivity index (χ1) is 20.0. The number of carbonyl (C=O) groups is 4. The molecule has 13 heteroatoms. The third-order valence-corrected chi connectivity index (χ3v) is 6.84. The van der Waals surface area contributed by atoms with Crippen LogP contribution in [0.4, 0.5) is 4.79 Å². The highest BCUT2D eigenvalue weighted by atomic mass is 16.7. The van der Waals surface area contributed by atoms with Gasteiger partial charge >= 0.3 is 24.0 Å². The Bertz CT molecular complexity index is 1270. The minimum atomic E-state index is -2.63. The van der Waals surface area contributed by atoms with Crippen LogP contribution in [-0.4, -0.2) is 85.8 Å². The minimum Gasteiger partial charge on any atom is -0.463 e. The summed E-state index contributed by atoms with van der Waals surface area (Å²) < 4.78 is 32.7. The number of ether oxygens (including phenoxy) is 6. The lowest BCUT2D eigenvalue weighted by Gasteiger charge is -2.49. The first kappa shape index (κ1) is 30.9. The lowest BCUT2D eigenvalue weighted by molar-refractivity contribution is -0.348. The number of hydrogen-bond acceptors (Lipinski definition) is 12. The first-order valence-corrected chi connectivity index (χ1v) is 13.4. The zero-order valence-corrected chi connectivity index (χ0v) is 23.4. The summed E-state index contributed by atoms with van der Waals surface area (Å²) in [6, 6.07) is 15.5. The van der Waals surface area contributed by atoms with Crippen molar-refractivity contribution in [2.75, 3.05) is 26.4 Å². The Hall–Kier alpha value is -4.04. The number of fused-ring (bicyclic) bond motifs is 3. The summed E-state index contributed by atoms with van der Waals surface area (Å²) in [6.07, 6.45) is -7.35. The molecular weight excluding hydrogens is 552 g/mol. The van der Waals surface area contributed by atoms with E-state index in [2.05, 4.69) is 5.32 Å². The van der Waals surface area contributed by atoms with Gasteiger partial charge in [-0.1, -0.05) is 48.5 Å². The van der Waals surface area contributed by atoms with Gasteiger partial charge in [0.1, 0.15) is 19.3 Å². The number of rotatable bonds is 10. The van der Waals surface area contributed by atoms with Gasteiger partial charge in [0.25, 0.3) is 0 Å². The van der Waals surface area contributed by atoms with Gasteiger partial charge in [0.05, 0.1) is 6.61 Å². The summed E-state index contributed by atoms with van der Waals surface area (Å²) in [5.74, 6) is -2.65. The Kier molecular flexibility index (Phi) is 9.78. The maximum absolute atomic E-state index is 13.2. The number of hydrogen-bond donors (Lipinski definition) is 3. The van der Waals surface area contributed by atoms with E-state index in [9.17, 15) is 24.3 Å². The first-order valence-electron chi connectivity index (χ1n) is 13.4. The van der Waals surface area contributed by atoms with E-state index in [-0.39, 0.29) is 25.7 Å². The Morgan fingerprint density at radius 3 is 2.02 bits per heavy atom. The third kappa shape index (κ3) is 6.71. The Labute approximate surface area is 242 Å². The number of alkyl carbamates (subject to hydrolysis) is 1. The largest absolute Gasteiger partial charge is 0.463 e. The van der Waals surface area contributed by atoms with Crippen molar-refractivity contribution in [1.29, 1.82) is 0 Å². The molecule has 1 heterocycles. The molecule has 2 aromatic carbocycles. The van der Waals surface area contributed by atoms with Crippen molar-refractivity contribution in [3.8, 4) is 11.1 Å². The number of esters is 3. The molecule has 0 bridgehead atoms. The molecule has 0 spiro atoms. The predicted molar refractivity (Wildman–Crippen MR) is 145 cm³/mol.